The van der Waals surface area contributed by atoms with E-state index in [4.69, 9.17) is 14.2 Å². The maximum absolute atomic E-state index is 14.2. The van der Waals surface area contributed by atoms with Crippen LogP contribution in [0.15, 0.2) is 30.3 Å². The maximum atomic E-state index is 14.2. The van der Waals surface area contributed by atoms with Gasteiger partial charge in [0.25, 0.3) is 0 Å². The molecular formula is C29H36O10. The topological polar surface area (TPSA) is 157 Å². The molecule has 39 heavy (non-hydrogen) atoms. The number of aliphatic hydroxyl groups is 3. The van der Waals surface area contributed by atoms with E-state index >= 15 is 0 Å². The van der Waals surface area contributed by atoms with Gasteiger partial charge in [-0.1, -0.05) is 39.0 Å². The van der Waals surface area contributed by atoms with E-state index in [2.05, 4.69) is 0 Å². The van der Waals surface area contributed by atoms with Crippen LogP contribution in [0.1, 0.15) is 57.8 Å². The second kappa shape index (κ2) is 8.92. The van der Waals surface area contributed by atoms with Gasteiger partial charge in [-0.3, -0.25) is 14.4 Å². The number of fused-ring (bicyclic) bond motifs is 5. The Labute approximate surface area is 226 Å². The van der Waals surface area contributed by atoms with Crippen LogP contribution in [0.4, 0.5) is 0 Å². The lowest BCUT2D eigenvalue weighted by Crippen LogP contribution is -2.82. The molecule has 3 saturated carbocycles. The first-order valence-corrected chi connectivity index (χ1v) is 13.4. The van der Waals surface area contributed by atoms with Crippen LogP contribution in [-0.2, 0) is 28.6 Å². The van der Waals surface area contributed by atoms with Gasteiger partial charge in [-0.2, -0.15) is 0 Å². The zero-order chi connectivity index (χ0) is 28.7. The van der Waals surface area contributed by atoms with Gasteiger partial charge in [0.15, 0.2) is 5.60 Å². The lowest BCUT2D eigenvalue weighted by Gasteiger charge is -2.67. The van der Waals surface area contributed by atoms with Crippen molar-refractivity contribution in [1.29, 1.82) is 0 Å². The molecule has 4 aliphatic rings. The second-order valence-corrected chi connectivity index (χ2v) is 12.5. The molecule has 0 aromatic heterocycles. The predicted octanol–water partition coefficient (Wildman–Crippen LogP) is 1.23. The number of ketones is 2. The van der Waals surface area contributed by atoms with Gasteiger partial charge in [0, 0.05) is 31.1 Å². The monoisotopic (exact) mass is 544 g/mol. The third-order valence-corrected chi connectivity index (χ3v) is 10.2. The van der Waals surface area contributed by atoms with Crippen molar-refractivity contribution in [1.82, 2.24) is 0 Å². The standard InChI is InChI=1S/C29H36O10/c1-14-17(31)12-29(36)24(38-25(35)16-9-7-6-8-10-16)22-27(5,23(34)21(33)20(14)26(29,3)4)18(32)11-19-28(22,13-37-19)39-15(2)30/h6-10,14,17-20,22,24,31-32,36H,11-13H2,1-5H3/t14?,17-,18?,19?,20?,22-,24-,27+,28-,29+/m0/s1. The molecule has 1 heterocycles. The first-order chi connectivity index (χ1) is 18.1. The van der Waals surface area contributed by atoms with E-state index in [1.807, 2.05) is 0 Å². The van der Waals surface area contributed by atoms with Crippen molar-refractivity contribution >= 4 is 23.5 Å². The highest BCUT2D eigenvalue weighted by atomic mass is 16.6. The Morgan fingerprint density at radius 3 is 2.28 bits per heavy atom. The van der Waals surface area contributed by atoms with Crippen molar-refractivity contribution in [2.24, 2.45) is 28.6 Å². The van der Waals surface area contributed by atoms with Crippen molar-refractivity contribution in [3.05, 3.63) is 35.9 Å². The number of esters is 2. The van der Waals surface area contributed by atoms with Gasteiger partial charge in [-0.25, -0.2) is 4.79 Å². The molecule has 0 radical (unpaired) electrons. The fourth-order valence-corrected chi connectivity index (χ4v) is 7.95. The summed E-state index contributed by atoms with van der Waals surface area (Å²) >= 11 is 0. The zero-order valence-corrected chi connectivity index (χ0v) is 22.7. The molecule has 3 N–H and O–H groups in total. The molecule has 4 fully saturated rings. The maximum Gasteiger partial charge on any atom is 0.338 e. The van der Waals surface area contributed by atoms with E-state index < -0.39 is 87.7 Å². The Bertz CT molecular complexity index is 1210. The molecule has 0 spiro atoms. The third-order valence-electron chi connectivity index (χ3n) is 10.2. The molecule has 1 aliphatic heterocycles. The second-order valence-electron chi connectivity index (χ2n) is 12.5. The summed E-state index contributed by atoms with van der Waals surface area (Å²) < 4.78 is 17.7. The number of carbonyl (C=O) groups is 4. The molecule has 1 saturated heterocycles. The van der Waals surface area contributed by atoms with E-state index in [-0.39, 0.29) is 25.0 Å². The van der Waals surface area contributed by atoms with Crippen LogP contribution < -0.4 is 0 Å². The number of ether oxygens (including phenoxy) is 3. The third kappa shape index (κ3) is 3.61. The minimum Gasteiger partial charge on any atom is -0.455 e. The van der Waals surface area contributed by atoms with Gasteiger partial charge in [0.1, 0.15) is 17.8 Å². The molecule has 0 amide bonds. The molecular weight excluding hydrogens is 508 g/mol. The van der Waals surface area contributed by atoms with E-state index in [0.29, 0.717) is 0 Å². The van der Waals surface area contributed by atoms with Gasteiger partial charge in [-0.15, -0.1) is 0 Å². The molecule has 10 heteroatoms. The van der Waals surface area contributed by atoms with Crippen LogP contribution in [0.2, 0.25) is 0 Å². The number of aliphatic hydroxyl groups excluding tert-OH is 2. The number of carbonyl (C=O) groups excluding carboxylic acids is 4. The molecule has 4 unspecified atom stereocenters. The summed E-state index contributed by atoms with van der Waals surface area (Å²) in [5.41, 5.74) is -6.75. The first-order valence-electron chi connectivity index (χ1n) is 13.4. The Morgan fingerprint density at radius 1 is 1.08 bits per heavy atom. The van der Waals surface area contributed by atoms with E-state index in [0.717, 1.165) is 0 Å². The lowest BCUT2D eigenvalue weighted by atomic mass is 9.42. The molecule has 1 aromatic rings. The molecule has 5 rings (SSSR count). The minimum absolute atomic E-state index is 0.108. The average Bonchev–Trinajstić information content (AvgIpc) is 2.87. The average molecular weight is 545 g/mol. The van der Waals surface area contributed by atoms with Crippen molar-refractivity contribution < 1.29 is 48.7 Å². The van der Waals surface area contributed by atoms with Gasteiger partial charge in [-0.05, 0) is 25.0 Å². The largest absolute Gasteiger partial charge is 0.455 e. The smallest absolute Gasteiger partial charge is 0.338 e. The number of Topliss-reactive ketones (excluding diaryl/α,β-unsaturated/α-hetero) is 2. The number of hydrogen-bond donors (Lipinski definition) is 3. The van der Waals surface area contributed by atoms with Gasteiger partial charge < -0.3 is 29.5 Å². The Balaban J connectivity index is 1.80. The van der Waals surface area contributed by atoms with Crippen LogP contribution in [0, 0.1) is 28.6 Å². The van der Waals surface area contributed by atoms with Crippen molar-refractivity contribution in [2.45, 2.75) is 83.1 Å². The van der Waals surface area contributed by atoms with Crippen LogP contribution in [-0.4, -0.2) is 81.0 Å². The molecule has 2 bridgehead atoms. The Morgan fingerprint density at radius 2 is 1.72 bits per heavy atom. The van der Waals surface area contributed by atoms with E-state index in [1.54, 1.807) is 39.0 Å². The fourth-order valence-electron chi connectivity index (χ4n) is 7.95. The van der Waals surface area contributed by atoms with Crippen LogP contribution in [0.3, 0.4) is 0 Å². The highest BCUT2D eigenvalue weighted by Crippen LogP contribution is 2.64. The SMILES string of the molecule is CC(=O)O[C@@]12COC1CC(O)[C@@]1(C)C(=O)C(=O)C3C(C)[C@@H](O)C[C@@](O)([C@@H](OC(=O)c4ccccc4)[C@H]21)C3(C)C. The molecule has 1 aromatic carbocycles. The zero-order valence-electron chi connectivity index (χ0n) is 22.7. The summed E-state index contributed by atoms with van der Waals surface area (Å²) in [6.07, 6.45) is -5.48. The highest BCUT2D eigenvalue weighted by Gasteiger charge is 2.78. The number of hydrogen-bond acceptors (Lipinski definition) is 10. The first kappa shape index (κ1) is 27.9. The van der Waals surface area contributed by atoms with Gasteiger partial charge in [0.05, 0.1) is 35.7 Å². The van der Waals surface area contributed by atoms with E-state index in [1.165, 1.54) is 26.0 Å². The predicted molar refractivity (Wildman–Crippen MR) is 134 cm³/mol. The summed E-state index contributed by atoms with van der Waals surface area (Å²) in [7, 11) is 0. The Kier molecular flexibility index (Phi) is 6.38. The number of benzene rings is 1. The Hall–Kier alpha value is -2.66. The van der Waals surface area contributed by atoms with Crippen LogP contribution in [0.25, 0.3) is 0 Å². The van der Waals surface area contributed by atoms with Crippen LogP contribution in [0.5, 0.6) is 0 Å². The van der Waals surface area contributed by atoms with Crippen molar-refractivity contribution in [2.75, 3.05) is 6.61 Å². The summed E-state index contributed by atoms with van der Waals surface area (Å²) in [4.78, 5) is 54.2. The quantitative estimate of drug-likeness (QED) is 0.373. The minimum atomic E-state index is -2.07. The van der Waals surface area contributed by atoms with Crippen LogP contribution >= 0.6 is 0 Å². The van der Waals surface area contributed by atoms with Gasteiger partial charge in [0.2, 0.25) is 11.6 Å². The van der Waals surface area contributed by atoms with Gasteiger partial charge >= 0.3 is 11.9 Å². The summed E-state index contributed by atoms with van der Waals surface area (Å²) in [5.74, 6) is -6.47. The summed E-state index contributed by atoms with van der Waals surface area (Å²) in [6.45, 7) is 7.28. The lowest BCUT2D eigenvalue weighted by molar-refractivity contribution is -0.349. The fraction of sp³-hybridized carbons (Fsp3) is 0.655. The summed E-state index contributed by atoms with van der Waals surface area (Å²) in [6, 6.07) is 8.06. The highest BCUT2D eigenvalue weighted by molar-refractivity contribution is 6.40. The molecule has 212 valence electrons. The van der Waals surface area contributed by atoms with E-state index in [9.17, 15) is 34.5 Å². The number of rotatable bonds is 3. The molecule has 3 aliphatic carbocycles. The normalized spacial score (nSPS) is 44.6. The molecule has 10 nitrogen and oxygen atoms in total. The van der Waals surface area contributed by atoms with Crippen molar-refractivity contribution in [3.63, 3.8) is 0 Å². The van der Waals surface area contributed by atoms with Crippen molar-refractivity contribution in [3.8, 4) is 0 Å². The molecule has 10 atom stereocenters. The summed E-state index contributed by atoms with van der Waals surface area (Å²) in [5, 5.41) is 35.2.